The van der Waals surface area contributed by atoms with Crippen LogP contribution in [-0.2, 0) is 13.0 Å². The van der Waals surface area contributed by atoms with Gasteiger partial charge in [0.1, 0.15) is 5.69 Å². The summed E-state index contributed by atoms with van der Waals surface area (Å²) in [4.78, 5) is 25.1. The monoisotopic (exact) mass is 381 g/mol. The molecule has 0 saturated carbocycles. The quantitative estimate of drug-likeness (QED) is 0.655. The van der Waals surface area contributed by atoms with Crippen LogP contribution in [0.3, 0.4) is 0 Å². The molecule has 3 rings (SSSR count). The number of benzene rings is 1. The van der Waals surface area contributed by atoms with Gasteiger partial charge in [0, 0.05) is 36.2 Å². The Morgan fingerprint density at radius 3 is 2.52 bits per heavy atom. The zero-order chi connectivity index (χ0) is 19.1. The predicted octanol–water partition coefficient (Wildman–Crippen LogP) is 3.42. The van der Waals surface area contributed by atoms with Crippen LogP contribution in [0.25, 0.3) is 0 Å². The first kappa shape index (κ1) is 18.8. The van der Waals surface area contributed by atoms with Gasteiger partial charge in [0.2, 0.25) is 5.95 Å². The molecule has 1 aromatic carbocycles. The number of nitrogens with one attached hydrogen (secondary N) is 2. The van der Waals surface area contributed by atoms with Crippen molar-refractivity contribution in [1.82, 2.24) is 20.3 Å². The molecule has 0 aliphatic heterocycles. The van der Waals surface area contributed by atoms with E-state index < -0.39 is 0 Å². The minimum absolute atomic E-state index is 0.221. The number of aromatic nitrogens is 3. The Balaban J connectivity index is 1.57. The maximum Gasteiger partial charge on any atom is 0.270 e. The van der Waals surface area contributed by atoms with E-state index in [1.807, 2.05) is 43.3 Å². The van der Waals surface area contributed by atoms with E-state index in [0.717, 1.165) is 23.2 Å². The highest BCUT2D eigenvalue weighted by Gasteiger charge is 2.10. The number of hydrogen-bond acceptors (Lipinski definition) is 5. The molecule has 2 heterocycles. The molecule has 138 valence electrons. The van der Waals surface area contributed by atoms with Crippen molar-refractivity contribution in [3.8, 4) is 0 Å². The van der Waals surface area contributed by atoms with Gasteiger partial charge in [-0.2, -0.15) is 0 Å². The number of pyridine rings is 1. The van der Waals surface area contributed by atoms with E-state index in [-0.39, 0.29) is 5.91 Å². The molecule has 0 fully saturated rings. The van der Waals surface area contributed by atoms with E-state index in [1.165, 1.54) is 0 Å². The van der Waals surface area contributed by atoms with Crippen molar-refractivity contribution in [1.29, 1.82) is 0 Å². The van der Waals surface area contributed by atoms with Gasteiger partial charge >= 0.3 is 0 Å². The van der Waals surface area contributed by atoms with Crippen LogP contribution in [0.1, 0.15) is 27.3 Å². The maximum atomic E-state index is 12.4. The van der Waals surface area contributed by atoms with Gasteiger partial charge in [-0.15, -0.1) is 0 Å². The highest BCUT2D eigenvalue weighted by Crippen LogP contribution is 2.10. The van der Waals surface area contributed by atoms with Crippen molar-refractivity contribution in [3.05, 3.63) is 82.4 Å². The summed E-state index contributed by atoms with van der Waals surface area (Å²) in [6.07, 6.45) is 4.18. The summed E-state index contributed by atoms with van der Waals surface area (Å²) >= 11 is 5.88. The minimum atomic E-state index is -0.221. The Bertz CT molecular complexity index is 900. The van der Waals surface area contributed by atoms with Crippen LogP contribution >= 0.6 is 11.6 Å². The molecule has 0 aliphatic carbocycles. The Labute approximate surface area is 163 Å². The fourth-order valence-corrected chi connectivity index (χ4v) is 2.63. The first-order valence-electron chi connectivity index (χ1n) is 8.61. The second-order valence-corrected chi connectivity index (χ2v) is 6.50. The van der Waals surface area contributed by atoms with Crippen molar-refractivity contribution in [2.45, 2.75) is 19.9 Å². The van der Waals surface area contributed by atoms with E-state index in [0.29, 0.717) is 29.8 Å². The molecule has 2 aromatic heterocycles. The highest BCUT2D eigenvalue weighted by atomic mass is 35.5. The van der Waals surface area contributed by atoms with Gasteiger partial charge in [0.25, 0.3) is 5.91 Å². The van der Waals surface area contributed by atoms with Gasteiger partial charge in [0.05, 0.1) is 0 Å². The van der Waals surface area contributed by atoms with Gasteiger partial charge in [-0.3, -0.25) is 9.78 Å². The Morgan fingerprint density at radius 2 is 1.78 bits per heavy atom. The van der Waals surface area contributed by atoms with Crippen LogP contribution < -0.4 is 10.6 Å². The molecule has 0 radical (unpaired) electrons. The van der Waals surface area contributed by atoms with Crippen LogP contribution in [-0.4, -0.2) is 27.4 Å². The predicted molar refractivity (Wildman–Crippen MR) is 106 cm³/mol. The van der Waals surface area contributed by atoms with Gasteiger partial charge in [0.15, 0.2) is 0 Å². The number of carbonyl (C=O) groups is 1. The fraction of sp³-hybridized carbons (Fsp3) is 0.200. The fourth-order valence-electron chi connectivity index (χ4n) is 2.51. The molecule has 3 aromatic rings. The zero-order valence-corrected chi connectivity index (χ0v) is 15.7. The average Bonchev–Trinajstić information content (AvgIpc) is 2.68. The molecule has 0 aliphatic rings. The molecule has 0 atom stereocenters. The molecule has 27 heavy (non-hydrogen) atoms. The summed E-state index contributed by atoms with van der Waals surface area (Å²) in [5.74, 6) is 0.205. The minimum Gasteiger partial charge on any atom is -0.350 e. The third-order valence-corrected chi connectivity index (χ3v) is 4.15. The van der Waals surface area contributed by atoms with Crippen LogP contribution in [0.2, 0.25) is 5.02 Å². The number of aryl methyl sites for hydroxylation is 1. The van der Waals surface area contributed by atoms with Gasteiger partial charge in [-0.25, -0.2) is 9.97 Å². The second kappa shape index (κ2) is 9.09. The first-order chi connectivity index (χ1) is 13.1. The Morgan fingerprint density at radius 1 is 1.04 bits per heavy atom. The van der Waals surface area contributed by atoms with E-state index in [9.17, 15) is 4.79 Å². The standard InChI is InChI=1S/C20H20ClN5O/c1-14-12-18(19(27)23-11-8-15-2-4-17(21)5-3-15)26-20(25-14)24-13-16-6-9-22-10-7-16/h2-7,9-10,12H,8,11,13H2,1H3,(H,23,27)(H,24,25,26). The molecule has 0 saturated heterocycles. The van der Waals surface area contributed by atoms with Crippen LogP contribution in [0.4, 0.5) is 5.95 Å². The molecule has 0 bridgehead atoms. The van der Waals surface area contributed by atoms with E-state index in [1.54, 1.807) is 18.5 Å². The lowest BCUT2D eigenvalue weighted by Gasteiger charge is -2.09. The van der Waals surface area contributed by atoms with Crippen molar-refractivity contribution in [2.75, 3.05) is 11.9 Å². The molecule has 6 nitrogen and oxygen atoms in total. The number of nitrogens with zero attached hydrogens (tertiary/aromatic N) is 3. The second-order valence-electron chi connectivity index (χ2n) is 6.06. The van der Waals surface area contributed by atoms with Gasteiger partial charge in [-0.1, -0.05) is 23.7 Å². The van der Waals surface area contributed by atoms with Gasteiger partial charge in [-0.05, 0) is 54.8 Å². The maximum absolute atomic E-state index is 12.4. The summed E-state index contributed by atoms with van der Waals surface area (Å²) in [6, 6.07) is 13.1. The number of carbonyl (C=O) groups excluding carboxylic acids is 1. The van der Waals surface area contributed by atoms with Crippen LogP contribution in [0.15, 0.2) is 54.9 Å². The summed E-state index contributed by atoms with van der Waals surface area (Å²) in [6.45, 7) is 2.91. The average molecular weight is 382 g/mol. The summed E-state index contributed by atoms with van der Waals surface area (Å²) < 4.78 is 0. The van der Waals surface area contributed by atoms with E-state index >= 15 is 0 Å². The lowest BCUT2D eigenvalue weighted by molar-refractivity contribution is 0.0949. The summed E-state index contributed by atoms with van der Waals surface area (Å²) in [5, 5.41) is 6.73. The number of amides is 1. The number of hydrogen-bond donors (Lipinski definition) is 2. The molecule has 0 unspecified atom stereocenters. The number of anilines is 1. The van der Waals surface area contributed by atoms with Gasteiger partial charge < -0.3 is 10.6 Å². The lowest BCUT2D eigenvalue weighted by atomic mass is 10.1. The third kappa shape index (κ3) is 5.76. The summed E-state index contributed by atoms with van der Waals surface area (Å²) in [7, 11) is 0. The smallest absolute Gasteiger partial charge is 0.270 e. The zero-order valence-electron chi connectivity index (χ0n) is 14.9. The number of halogens is 1. The molecule has 7 heteroatoms. The van der Waals surface area contributed by atoms with Crippen molar-refractivity contribution in [3.63, 3.8) is 0 Å². The van der Waals surface area contributed by atoms with E-state index in [2.05, 4.69) is 25.6 Å². The Hall–Kier alpha value is -2.99. The summed E-state index contributed by atoms with van der Waals surface area (Å²) in [5.41, 5.74) is 3.24. The SMILES string of the molecule is Cc1cc(C(=O)NCCc2ccc(Cl)cc2)nc(NCc2ccncc2)n1. The Kier molecular flexibility index (Phi) is 6.33. The van der Waals surface area contributed by atoms with Crippen molar-refractivity contribution >= 4 is 23.5 Å². The molecule has 0 spiro atoms. The highest BCUT2D eigenvalue weighted by molar-refractivity contribution is 6.30. The van der Waals surface area contributed by atoms with Crippen molar-refractivity contribution < 1.29 is 4.79 Å². The normalized spacial score (nSPS) is 10.4. The largest absolute Gasteiger partial charge is 0.350 e. The van der Waals surface area contributed by atoms with Crippen LogP contribution in [0.5, 0.6) is 0 Å². The van der Waals surface area contributed by atoms with Crippen LogP contribution in [0, 0.1) is 6.92 Å². The van der Waals surface area contributed by atoms with Crippen molar-refractivity contribution in [2.24, 2.45) is 0 Å². The molecular weight excluding hydrogens is 362 g/mol. The van der Waals surface area contributed by atoms with E-state index in [4.69, 9.17) is 11.6 Å². The lowest BCUT2D eigenvalue weighted by Crippen LogP contribution is -2.27. The first-order valence-corrected chi connectivity index (χ1v) is 8.99. The molecule has 2 N–H and O–H groups in total. The molecular formula is C20H20ClN5O. The topological polar surface area (TPSA) is 79.8 Å². The molecule has 1 amide bonds. The third-order valence-electron chi connectivity index (χ3n) is 3.90. The number of rotatable bonds is 7.